The Labute approximate surface area is 149 Å². The highest BCUT2D eigenvalue weighted by Crippen LogP contribution is 2.32. The van der Waals surface area contributed by atoms with Crippen LogP contribution in [0.25, 0.3) is 0 Å². The fourth-order valence-corrected chi connectivity index (χ4v) is 3.05. The first kappa shape index (κ1) is 19.8. The average molecular weight is 386 g/mol. The number of benzene rings is 2. The monoisotopic (exact) mass is 386 g/mol. The van der Waals surface area contributed by atoms with Crippen LogP contribution < -0.4 is 9.62 Å². The molecule has 0 saturated carbocycles. The standard InChI is InChI=1S/C17H17F3N2O3S/c1-12-6-8-14(9-7-12)21-16(23)11-22(26(2,24)25)15-5-3-4-13(10-15)17(18,19)20/h3-10H,11H2,1-2H3,(H,21,23). The lowest BCUT2D eigenvalue weighted by Crippen LogP contribution is -2.37. The minimum atomic E-state index is -4.62. The second kappa shape index (κ2) is 7.36. The van der Waals surface area contributed by atoms with Crippen molar-refractivity contribution in [3.63, 3.8) is 0 Å². The van der Waals surface area contributed by atoms with Gasteiger partial charge in [-0.15, -0.1) is 0 Å². The summed E-state index contributed by atoms with van der Waals surface area (Å²) in [5.74, 6) is -0.670. The van der Waals surface area contributed by atoms with E-state index in [1.54, 1.807) is 24.3 Å². The predicted octanol–water partition coefficient (Wildman–Crippen LogP) is 3.42. The minimum absolute atomic E-state index is 0.235. The predicted molar refractivity (Wildman–Crippen MR) is 93.4 cm³/mol. The van der Waals surface area contributed by atoms with Gasteiger partial charge in [0.2, 0.25) is 15.9 Å². The molecule has 1 amide bonds. The van der Waals surface area contributed by atoms with E-state index in [4.69, 9.17) is 0 Å². The number of anilines is 2. The Bertz CT molecular complexity index is 894. The molecule has 2 aromatic carbocycles. The molecule has 0 radical (unpaired) electrons. The number of amides is 1. The Balaban J connectivity index is 2.26. The zero-order valence-corrected chi connectivity index (χ0v) is 14.9. The van der Waals surface area contributed by atoms with Gasteiger partial charge >= 0.3 is 6.18 Å². The van der Waals surface area contributed by atoms with Gasteiger partial charge in [0.15, 0.2) is 0 Å². The molecule has 0 unspecified atom stereocenters. The number of rotatable bonds is 5. The van der Waals surface area contributed by atoms with Crippen LogP contribution in [0.15, 0.2) is 48.5 Å². The molecule has 9 heteroatoms. The maximum absolute atomic E-state index is 12.9. The molecule has 26 heavy (non-hydrogen) atoms. The average Bonchev–Trinajstić information content (AvgIpc) is 2.53. The highest BCUT2D eigenvalue weighted by Gasteiger charge is 2.32. The van der Waals surface area contributed by atoms with Crippen molar-refractivity contribution in [3.8, 4) is 0 Å². The van der Waals surface area contributed by atoms with E-state index in [1.807, 2.05) is 6.92 Å². The van der Waals surface area contributed by atoms with Gasteiger partial charge in [-0.3, -0.25) is 9.10 Å². The number of carbonyl (C=O) groups excluding carboxylic acids is 1. The molecule has 0 saturated heterocycles. The highest BCUT2D eigenvalue weighted by atomic mass is 32.2. The molecule has 2 rings (SSSR count). The smallest absolute Gasteiger partial charge is 0.325 e. The van der Waals surface area contributed by atoms with Crippen molar-refractivity contribution in [1.29, 1.82) is 0 Å². The van der Waals surface area contributed by atoms with Crippen LogP contribution in [0, 0.1) is 6.92 Å². The van der Waals surface area contributed by atoms with E-state index in [1.165, 1.54) is 6.07 Å². The van der Waals surface area contributed by atoms with Crippen molar-refractivity contribution in [2.45, 2.75) is 13.1 Å². The highest BCUT2D eigenvalue weighted by molar-refractivity contribution is 7.92. The lowest BCUT2D eigenvalue weighted by atomic mass is 10.2. The summed E-state index contributed by atoms with van der Waals surface area (Å²) in [5, 5.41) is 2.52. The van der Waals surface area contributed by atoms with E-state index in [9.17, 15) is 26.4 Å². The van der Waals surface area contributed by atoms with Crippen molar-refractivity contribution in [1.82, 2.24) is 0 Å². The molecular weight excluding hydrogens is 369 g/mol. The zero-order chi connectivity index (χ0) is 19.5. The third-order valence-corrected chi connectivity index (χ3v) is 4.62. The summed E-state index contributed by atoms with van der Waals surface area (Å²) >= 11 is 0. The summed E-state index contributed by atoms with van der Waals surface area (Å²) in [5.41, 5.74) is 0.201. The third kappa shape index (κ3) is 5.22. The van der Waals surface area contributed by atoms with Gasteiger partial charge in [0, 0.05) is 5.69 Å². The van der Waals surface area contributed by atoms with Crippen molar-refractivity contribution in [2.75, 3.05) is 22.4 Å². The topological polar surface area (TPSA) is 66.5 Å². The molecule has 0 aliphatic rings. The maximum atomic E-state index is 12.9. The third-order valence-electron chi connectivity index (χ3n) is 3.48. The second-order valence-corrected chi connectivity index (χ2v) is 7.64. The van der Waals surface area contributed by atoms with Crippen molar-refractivity contribution < 1.29 is 26.4 Å². The fourth-order valence-electron chi connectivity index (χ4n) is 2.21. The van der Waals surface area contributed by atoms with Gasteiger partial charge in [-0.2, -0.15) is 13.2 Å². The molecule has 0 aromatic heterocycles. The van der Waals surface area contributed by atoms with Crippen LogP contribution in [0.3, 0.4) is 0 Å². The Kier molecular flexibility index (Phi) is 5.60. The number of hydrogen-bond acceptors (Lipinski definition) is 3. The van der Waals surface area contributed by atoms with E-state index < -0.39 is 34.2 Å². The molecule has 0 spiro atoms. The van der Waals surface area contributed by atoms with Crippen molar-refractivity contribution in [3.05, 3.63) is 59.7 Å². The van der Waals surface area contributed by atoms with Crippen LogP contribution in [0.1, 0.15) is 11.1 Å². The van der Waals surface area contributed by atoms with E-state index in [-0.39, 0.29) is 5.69 Å². The van der Waals surface area contributed by atoms with Crippen molar-refractivity contribution in [2.24, 2.45) is 0 Å². The molecule has 0 fully saturated rings. The van der Waals surface area contributed by atoms with Crippen LogP contribution in [0.4, 0.5) is 24.5 Å². The quantitative estimate of drug-likeness (QED) is 0.856. The van der Waals surface area contributed by atoms with Crippen LogP contribution in [-0.2, 0) is 21.0 Å². The normalized spacial score (nSPS) is 11.9. The van der Waals surface area contributed by atoms with Crippen LogP contribution in [0.5, 0.6) is 0 Å². The SMILES string of the molecule is Cc1ccc(NC(=O)CN(c2cccc(C(F)(F)F)c2)S(C)(=O)=O)cc1. The molecular formula is C17H17F3N2O3S. The lowest BCUT2D eigenvalue weighted by Gasteiger charge is -2.22. The van der Waals surface area contributed by atoms with Crippen LogP contribution in [-0.4, -0.2) is 27.1 Å². The summed E-state index contributed by atoms with van der Waals surface area (Å²) in [7, 11) is -3.97. The molecule has 0 heterocycles. The molecule has 0 bridgehead atoms. The van der Waals surface area contributed by atoms with Gasteiger partial charge in [0.05, 0.1) is 17.5 Å². The van der Waals surface area contributed by atoms with E-state index in [2.05, 4.69) is 5.32 Å². The molecule has 140 valence electrons. The number of aryl methyl sites for hydroxylation is 1. The van der Waals surface area contributed by atoms with Gasteiger partial charge in [0.1, 0.15) is 6.54 Å². The Hall–Kier alpha value is -2.55. The Morgan fingerprint density at radius 2 is 1.73 bits per heavy atom. The number of hydrogen-bond donors (Lipinski definition) is 1. The first-order valence-electron chi connectivity index (χ1n) is 7.48. The number of alkyl halides is 3. The second-order valence-electron chi connectivity index (χ2n) is 5.73. The maximum Gasteiger partial charge on any atom is 0.416 e. The number of nitrogens with one attached hydrogen (secondary N) is 1. The first-order chi connectivity index (χ1) is 12.0. The summed E-state index contributed by atoms with van der Waals surface area (Å²) in [6, 6.07) is 10.6. The summed E-state index contributed by atoms with van der Waals surface area (Å²) in [6.07, 6.45) is -3.80. The van der Waals surface area contributed by atoms with Crippen LogP contribution in [0.2, 0.25) is 0 Å². The first-order valence-corrected chi connectivity index (χ1v) is 9.33. The van der Waals surface area contributed by atoms with Crippen LogP contribution >= 0.6 is 0 Å². The van der Waals surface area contributed by atoms with Crippen molar-refractivity contribution >= 4 is 27.3 Å². The molecule has 2 aromatic rings. The van der Waals surface area contributed by atoms with Gasteiger partial charge < -0.3 is 5.32 Å². The van der Waals surface area contributed by atoms with E-state index in [0.717, 1.165) is 24.0 Å². The fraction of sp³-hybridized carbons (Fsp3) is 0.235. The minimum Gasteiger partial charge on any atom is -0.325 e. The van der Waals surface area contributed by atoms with Gasteiger partial charge in [0.25, 0.3) is 0 Å². The van der Waals surface area contributed by atoms with Gasteiger partial charge in [-0.1, -0.05) is 23.8 Å². The number of halogens is 3. The van der Waals surface area contributed by atoms with Gasteiger partial charge in [-0.25, -0.2) is 8.42 Å². The summed E-state index contributed by atoms with van der Waals surface area (Å²) in [6.45, 7) is 1.22. The molecule has 0 atom stereocenters. The Morgan fingerprint density at radius 1 is 1.12 bits per heavy atom. The number of carbonyl (C=O) groups is 1. The van der Waals surface area contributed by atoms with E-state index in [0.29, 0.717) is 16.1 Å². The summed E-state index contributed by atoms with van der Waals surface area (Å²) in [4.78, 5) is 12.2. The number of sulfonamides is 1. The zero-order valence-electron chi connectivity index (χ0n) is 14.0. The number of nitrogens with zero attached hydrogens (tertiary/aromatic N) is 1. The van der Waals surface area contributed by atoms with E-state index >= 15 is 0 Å². The molecule has 5 nitrogen and oxygen atoms in total. The largest absolute Gasteiger partial charge is 0.416 e. The molecule has 1 N–H and O–H groups in total. The summed E-state index contributed by atoms with van der Waals surface area (Å²) < 4.78 is 63.2. The Morgan fingerprint density at radius 3 is 2.27 bits per heavy atom. The lowest BCUT2D eigenvalue weighted by molar-refractivity contribution is -0.137. The molecule has 0 aliphatic carbocycles. The molecule has 0 aliphatic heterocycles. The van der Waals surface area contributed by atoms with Gasteiger partial charge in [-0.05, 0) is 37.3 Å².